The van der Waals surface area contributed by atoms with E-state index in [2.05, 4.69) is 32.1 Å². The summed E-state index contributed by atoms with van der Waals surface area (Å²) in [5, 5.41) is 3.43. The predicted octanol–water partition coefficient (Wildman–Crippen LogP) is 2.45. The number of pyridine rings is 1. The minimum atomic E-state index is -0.608. The monoisotopic (exact) mass is 368 g/mol. The van der Waals surface area contributed by atoms with Crippen molar-refractivity contribution in [3.05, 3.63) is 54.2 Å². The summed E-state index contributed by atoms with van der Waals surface area (Å²) in [5.74, 6) is 1.24. The van der Waals surface area contributed by atoms with Crippen molar-refractivity contribution in [1.29, 1.82) is 0 Å². The van der Waals surface area contributed by atoms with Gasteiger partial charge < -0.3 is 20.7 Å². The van der Waals surface area contributed by atoms with Gasteiger partial charge in [0.1, 0.15) is 11.9 Å². The average molecular weight is 368 g/mol. The molecule has 1 aliphatic heterocycles. The Labute approximate surface area is 160 Å². The van der Waals surface area contributed by atoms with Crippen LogP contribution in [0.5, 0.6) is 0 Å². The Balaban J connectivity index is 1.45. The molecule has 0 amide bonds. The topological polar surface area (TPSA) is 80.5 Å². The molecule has 2 aromatic rings. The maximum Gasteiger partial charge on any atom is 0.322 e. The Bertz CT molecular complexity index is 713. The van der Waals surface area contributed by atoms with Crippen LogP contribution in [0.2, 0.25) is 0 Å². The zero-order chi connectivity index (χ0) is 19.1. The van der Waals surface area contributed by atoms with Crippen LogP contribution >= 0.6 is 0 Å². The molecular formula is C21H28N4O2. The summed E-state index contributed by atoms with van der Waals surface area (Å²) in [6.07, 6.45) is 4.63. The van der Waals surface area contributed by atoms with Crippen LogP contribution in [0.15, 0.2) is 48.7 Å². The molecule has 0 aliphatic carbocycles. The normalized spacial score (nSPS) is 16.0. The molecule has 144 valence electrons. The number of nitrogens with two attached hydrogens (primary N) is 1. The average Bonchev–Trinajstić information content (AvgIpc) is 2.73. The van der Waals surface area contributed by atoms with Crippen molar-refractivity contribution in [3.63, 3.8) is 0 Å². The fourth-order valence-corrected chi connectivity index (χ4v) is 3.44. The Hall–Kier alpha value is -2.60. The number of carbonyl (C=O) groups is 1. The molecule has 0 spiro atoms. The van der Waals surface area contributed by atoms with E-state index in [-0.39, 0.29) is 5.97 Å². The van der Waals surface area contributed by atoms with Crippen molar-refractivity contribution >= 4 is 17.5 Å². The van der Waals surface area contributed by atoms with Gasteiger partial charge >= 0.3 is 5.97 Å². The molecule has 1 aromatic carbocycles. The molecule has 1 atom stereocenters. The summed E-state index contributed by atoms with van der Waals surface area (Å²) in [4.78, 5) is 18.2. The highest BCUT2D eigenvalue weighted by atomic mass is 16.5. The van der Waals surface area contributed by atoms with E-state index >= 15 is 0 Å². The van der Waals surface area contributed by atoms with E-state index < -0.39 is 6.04 Å². The molecule has 1 aliphatic rings. The molecule has 6 nitrogen and oxygen atoms in total. The number of rotatable bonds is 7. The fourth-order valence-electron chi connectivity index (χ4n) is 3.44. The molecule has 0 bridgehead atoms. The van der Waals surface area contributed by atoms with Gasteiger partial charge in [-0.15, -0.1) is 0 Å². The number of esters is 1. The first-order chi connectivity index (χ1) is 13.2. The molecule has 2 heterocycles. The highest BCUT2D eigenvalue weighted by molar-refractivity contribution is 5.75. The van der Waals surface area contributed by atoms with E-state index in [1.807, 2.05) is 36.5 Å². The predicted molar refractivity (Wildman–Crippen MR) is 108 cm³/mol. The van der Waals surface area contributed by atoms with Crippen molar-refractivity contribution < 1.29 is 9.53 Å². The highest BCUT2D eigenvalue weighted by Crippen LogP contribution is 2.24. The molecule has 27 heavy (non-hydrogen) atoms. The maximum absolute atomic E-state index is 11.4. The Morgan fingerprint density at radius 3 is 2.63 bits per heavy atom. The lowest BCUT2D eigenvalue weighted by Gasteiger charge is -2.34. The van der Waals surface area contributed by atoms with Gasteiger partial charge in [0.2, 0.25) is 0 Å². The van der Waals surface area contributed by atoms with Gasteiger partial charge in [-0.3, -0.25) is 4.79 Å². The third-order valence-corrected chi connectivity index (χ3v) is 5.11. The zero-order valence-corrected chi connectivity index (χ0v) is 15.8. The summed E-state index contributed by atoms with van der Waals surface area (Å²) < 4.78 is 4.68. The van der Waals surface area contributed by atoms with Crippen LogP contribution in [0, 0.1) is 5.92 Å². The zero-order valence-electron chi connectivity index (χ0n) is 15.8. The lowest BCUT2D eigenvalue weighted by molar-refractivity contribution is -0.142. The molecule has 1 saturated heterocycles. The second-order valence-corrected chi connectivity index (χ2v) is 7.03. The number of hydrogen-bond donors (Lipinski definition) is 2. The summed E-state index contributed by atoms with van der Waals surface area (Å²) in [5.41, 5.74) is 8.10. The van der Waals surface area contributed by atoms with Crippen LogP contribution in [-0.2, 0) is 16.0 Å². The van der Waals surface area contributed by atoms with Crippen molar-refractivity contribution in [2.75, 3.05) is 37.0 Å². The van der Waals surface area contributed by atoms with Crippen LogP contribution in [0.3, 0.4) is 0 Å². The summed E-state index contributed by atoms with van der Waals surface area (Å²) >= 11 is 0. The van der Waals surface area contributed by atoms with Gasteiger partial charge in [0.25, 0.3) is 0 Å². The second-order valence-electron chi connectivity index (χ2n) is 7.03. The van der Waals surface area contributed by atoms with Crippen LogP contribution in [0.4, 0.5) is 11.5 Å². The maximum atomic E-state index is 11.4. The lowest BCUT2D eigenvalue weighted by Crippen LogP contribution is -2.36. The fraction of sp³-hybridized carbons (Fsp3) is 0.429. The van der Waals surface area contributed by atoms with E-state index in [4.69, 9.17) is 5.73 Å². The van der Waals surface area contributed by atoms with Crippen molar-refractivity contribution in [2.45, 2.75) is 25.3 Å². The third kappa shape index (κ3) is 5.44. The number of methoxy groups -OCH3 is 1. The Morgan fingerprint density at radius 1 is 1.26 bits per heavy atom. The van der Waals surface area contributed by atoms with E-state index in [1.165, 1.54) is 12.8 Å². The second kappa shape index (κ2) is 9.37. The summed E-state index contributed by atoms with van der Waals surface area (Å²) in [7, 11) is 1.36. The molecule has 0 saturated carbocycles. The number of nitrogens with one attached hydrogen (secondary N) is 1. The molecule has 1 fully saturated rings. The van der Waals surface area contributed by atoms with E-state index in [9.17, 15) is 4.79 Å². The molecule has 1 unspecified atom stereocenters. The number of piperidine rings is 1. The van der Waals surface area contributed by atoms with Gasteiger partial charge in [-0.25, -0.2) is 4.98 Å². The number of carbonyl (C=O) groups excluding carboxylic acids is 1. The van der Waals surface area contributed by atoms with Crippen LogP contribution in [0.25, 0.3) is 0 Å². The molecule has 6 heteroatoms. The van der Waals surface area contributed by atoms with Crippen LogP contribution in [-0.4, -0.2) is 43.7 Å². The van der Waals surface area contributed by atoms with E-state index in [0.29, 0.717) is 12.3 Å². The number of aromatic nitrogens is 1. The van der Waals surface area contributed by atoms with Gasteiger partial charge in [-0.1, -0.05) is 18.2 Å². The molecule has 3 rings (SSSR count). The first-order valence-corrected chi connectivity index (χ1v) is 9.48. The number of anilines is 2. The molecular weight excluding hydrogens is 340 g/mol. The minimum Gasteiger partial charge on any atom is -0.468 e. The molecule has 3 N–H and O–H groups in total. The molecule has 1 aromatic heterocycles. The van der Waals surface area contributed by atoms with Gasteiger partial charge in [0.15, 0.2) is 0 Å². The van der Waals surface area contributed by atoms with E-state index in [1.54, 1.807) is 0 Å². The Morgan fingerprint density at radius 2 is 2.00 bits per heavy atom. The summed E-state index contributed by atoms with van der Waals surface area (Å²) in [6, 6.07) is 13.7. The number of benzene rings is 1. The van der Waals surface area contributed by atoms with Gasteiger partial charge in [-0.2, -0.15) is 0 Å². The molecule has 0 radical (unpaired) electrons. The smallest absolute Gasteiger partial charge is 0.322 e. The highest BCUT2D eigenvalue weighted by Gasteiger charge is 2.20. The largest absolute Gasteiger partial charge is 0.468 e. The van der Waals surface area contributed by atoms with Crippen molar-refractivity contribution in [1.82, 2.24) is 4.98 Å². The number of ether oxygens (including phenoxy) is 1. The van der Waals surface area contributed by atoms with Crippen molar-refractivity contribution in [2.24, 2.45) is 11.7 Å². The lowest BCUT2D eigenvalue weighted by atomic mass is 9.96. The summed E-state index contributed by atoms with van der Waals surface area (Å²) in [6.45, 7) is 3.07. The van der Waals surface area contributed by atoms with Crippen LogP contribution in [0.1, 0.15) is 18.4 Å². The van der Waals surface area contributed by atoms with Crippen LogP contribution < -0.4 is 16.0 Å². The Kier molecular flexibility index (Phi) is 6.65. The van der Waals surface area contributed by atoms with E-state index in [0.717, 1.165) is 43.9 Å². The van der Waals surface area contributed by atoms with Gasteiger partial charge in [-0.05, 0) is 55.0 Å². The first-order valence-electron chi connectivity index (χ1n) is 9.48. The standard InChI is InChI=1S/C21H28N4O2/c1-27-21(26)19(22)14-16-5-7-18(8-6-16)25-12-9-17(10-13-25)15-24-20-4-2-3-11-23-20/h2-8,11,17,19H,9-10,12-15,22H2,1H3,(H,23,24). The minimum absolute atomic E-state index is 0.375. The third-order valence-electron chi connectivity index (χ3n) is 5.11. The van der Waals surface area contributed by atoms with Crippen molar-refractivity contribution in [3.8, 4) is 0 Å². The SMILES string of the molecule is COC(=O)C(N)Cc1ccc(N2CCC(CNc3ccccn3)CC2)cc1. The number of hydrogen-bond acceptors (Lipinski definition) is 6. The first kappa shape index (κ1) is 19.2. The van der Waals surface area contributed by atoms with Gasteiger partial charge in [0, 0.05) is 31.5 Å². The van der Waals surface area contributed by atoms with Gasteiger partial charge in [0.05, 0.1) is 7.11 Å². The quantitative estimate of drug-likeness (QED) is 0.731. The number of nitrogens with zero attached hydrogens (tertiary/aromatic N) is 2.